The van der Waals surface area contributed by atoms with Crippen molar-refractivity contribution in [3.63, 3.8) is 0 Å². The Balaban J connectivity index is 2.15. The Bertz CT molecular complexity index is 541. The van der Waals surface area contributed by atoms with Crippen LogP contribution in [0.4, 0.5) is 0 Å². The first kappa shape index (κ1) is 9.26. The fourth-order valence-electron chi connectivity index (χ4n) is 1.91. The number of carbonyl (C=O) groups excluding carboxylic acids is 1. The number of aromatic nitrogens is 3. The zero-order valence-electron chi connectivity index (χ0n) is 7.85. The maximum Gasteiger partial charge on any atom is 0.176 e. The lowest BCUT2D eigenvalue weighted by atomic mass is 9.81. The van der Waals surface area contributed by atoms with E-state index in [1.165, 1.54) is 0 Å². The number of ketones is 1. The Hall–Kier alpha value is -0.980. The molecule has 0 amide bonds. The molecule has 0 aliphatic heterocycles. The molecule has 0 aromatic carbocycles. The summed E-state index contributed by atoms with van der Waals surface area (Å²) < 4.78 is 2.94. The molecule has 76 valence electrons. The first-order valence-corrected chi connectivity index (χ1v) is 5.83. The van der Waals surface area contributed by atoms with Crippen LogP contribution in [0.3, 0.4) is 0 Å². The Labute approximate surface area is 99.9 Å². The smallest absolute Gasteiger partial charge is 0.176 e. The topological polar surface area (TPSA) is 47.3 Å². The summed E-state index contributed by atoms with van der Waals surface area (Å²) in [6, 6.07) is 0. The highest BCUT2D eigenvalue weighted by molar-refractivity contribution is 14.1. The summed E-state index contributed by atoms with van der Waals surface area (Å²) in [5.41, 5.74) is 2.05. The largest absolute Gasteiger partial charge is 0.300 e. The van der Waals surface area contributed by atoms with Crippen LogP contribution in [-0.4, -0.2) is 20.2 Å². The molecule has 2 aromatic heterocycles. The van der Waals surface area contributed by atoms with Crippen LogP contribution in [0.1, 0.15) is 24.5 Å². The molecule has 1 aliphatic carbocycles. The maximum atomic E-state index is 11.0. The van der Waals surface area contributed by atoms with Crippen LogP contribution in [-0.2, 0) is 4.79 Å². The fourth-order valence-corrected chi connectivity index (χ4v) is 2.59. The quantitative estimate of drug-likeness (QED) is 0.754. The van der Waals surface area contributed by atoms with Gasteiger partial charge in [-0.2, -0.15) is 0 Å². The van der Waals surface area contributed by atoms with Crippen molar-refractivity contribution in [2.45, 2.75) is 18.8 Å². The van der Waals surface area contributed by atoms with Gasteiger partial charge in [-0.15, -0.1) is 0 Å². The molecule has 2 aromatic rings. The highest BCUT2D eigenvalue weighted by Crippen LogP contribution is 2.35. The van der Waals surface area contributed by atoms with E-state index in [-0.39, 0.29) is 0 Å². The molecule has 0 N–H and O–H groups in total. The monoisotopic (exact) mass is 313 g/mol. The van der Waals surface area contributed by atoms with Gasteiger partial charge in [0.25, 0.3) is 0 Å². The summed E-state index contributed by atoms with van der Waals surface area (Å²) in [5.74, 6) is 0.639. The van der Waals surface area contributed by atoms with Gasteiger partial charge in [-0.25, -0.2) is 4.98 Å². The predicted octanol–water partition coefficient (Wildman–Crippen LogP) is 1.78. The second-order valence-corrected chi connectivity index (χ2v) is 4.71. The molecule has 1 aliphatic rings. The second-order valence-electron chi connectivity index (χ2n) is 3.74. The molecule has 2 heterocycles. The van der Waals surface area contributed by atoms with Crippen LogP contribution in [0.2, 0.25) is 0 Å². The van der Waals surface area contributed by atoms with Gasteiger partial charge in [0.2, 0.25) is 0 Å². The van der Waals surface area contributed by atoms with Crippen LogP contribution in [0.25, 0.3) is 5.52 Å². The van der Waals surface area contributed by atoms with Crippen LogP contribution in [0.5, 0.6) is 0 Å². The van der Waals surface area contributed by atoms with Crippen molar-refractivity contribution in [1.29, 1.82) is 0 Å². The highest BCUT2D eigenvalue weighted by atomic mass is 127. The minimum atomic E-state index is 0.306. The third kappa shape index (κ3) is 1.37. The number of fused-ring (bicyclic) bond motifs is 1. The molecule has 0 radical (unpaired) electrons. The molecule has 1 fully saturated rings. The average molecular weight is 313 g/mol. The first-order chi connectivity index (χ1) is 7.25. The highest BCUT2D eigenvalue weighted by Gasteiger charge is 2.31. The minimum Gasteiger partial charge on any atom is -0.300 e. The third-order valence-electron chi connectivity index (χ3n) is 2.77. The lowest BCUT2D eigenvalue weighted by molar-refractivity contribution is -0.124. The average Bonchev–Trinajstić information content (AvgIpc) is 2.52. The van der Waals surface area contributed by atoms with Gasteiger partial charge in [0.1, 0.15) is 5.78 Å². The van der Waals surface area contributed by atoms with E-state index < -0.39 is 0 Å². The van der Waals surface area contributed by atoms with E-state index in [2.05, 4.69) is 32.6 Å². The Morgan fingerprint density at radius 2 is 2.27 bits per heavy atom. The molecule has 0 atom stereocenters. The summed E-state index contributed by atoms with van der Waals surface area (Å²) >= 11 is 2.20. The number of hydrogen-bond acceptors (Lipinski definition) is 3. The van der Waals surface area contributed by atoms with Crippen LogP contribution in [0, 0.1) is 3.83 Å². The van der Waals surface area contributed by atoms with Gasteiger partial charge in [0, 0.05) is 53.7 Å². The molecule has 0 spiro atoms. The zero-order valence-corrected chi connectivity index (χ0v) is 10.0. The van der Waals surface area contributed by atoms with Crippen molar-refractivity contribution >= 4 is 33.9 Å². The lowest BCUT2D eigenvalue weighted by Gasteiger charge is -2.22. The summed E-state index contributed by atoms with van der Waals surface area (Å²) in [7, 11) is 0. The number of rotatable bonds is 1. The normalized spacial score (nSPS) is 17.0. The van der Waals surface area contributed by atoms with Gasteiger partial charge in [0.05, 0.1) is 17.4 Å². The number of nitrogens with zero attached hydrogens (tertiary/aromatic N) is 3. The summed E-state index contributed by atoms with van der Waals surface area (Å²) in [4.78, 5) is 19.6. The number of carbonyl (C=O) groups is 1. The molecule has 5 heteroatoms. The van der Waals surface area contributed by atoms with Gasteiger partial charge >= 0.3 is 0 Å². The van der Waals surface area contributed by atoms with E-state index >= 15 is 0 Å². The Morgan fingerprint density at radius 1 is 1.47 bits per heavy atom. The molecule has 15 heavy (non-hydrogen) atoms. The number of imidazole rings is 1. The maximum absolute atomic E-state index is 11.0. The molecule has 0 saturated heterocycles. The fraction of sp³-hybridized carbons (Fsp3) is 0.300. The van der Waals surface area contributed by atoms with Gasteiger partial charge in [-0.1, -0.05) is 0 Å². The van der Waals surface area contributed by atoms with Crippen molar-refractivity contribution in [1.82, 2.24) is 14.4 Å². The van der Waals surface area contributed by atoms with Gasteiger partial charge in [0.15, 0.2) is 3.83 Å². The minimum absolute atomic E-state index is 0.306. The zero-order chi connectivity index (χ0) is 10.4. The molecule has 3 rings (SSSR count). The Morgan fingerprint density at radius 3 is 3.00 bits per heavy atom. The predicted molar refractivity (Wildman–Crippen MR) is 62.7 cm³/mol. The Kier molecular flexibility index (Phi) is 2.01. The van der Waals surface area contributed by atoms with E-state index in [0.717, 1.165) is 15.0 Å². The van der Waals surface area contributed by atoms with Crippen molar-refractivity contribution in [2.24, 2.45) is 0 Å². The van der Waals surface area contributed by atoms with Gasteiger partial charge < -0.3 is 0 Å². The van der Waals surface area contributed by atoms with Gasteiger partial charge in [-0.05, 0) is 0 Å². The van der Waals surface area contributed by atoms with Crippen molar-refractivity contribution in [2.75, 3.05) is 0 Å². The molecule has 4 nitrogen and oxygen atoms in total. The lowest BCUT2D eigenvalue weighted by Crippen LogP contribution is -2.21. The second kappa shape index (κ2) is 3.26. The number of Topliss-reactive ketones (excluding diaryl/α,β-unsaturated/α-hetero) is 1. The van der Waals surface area contributed by atoms with E-state index in [1.807, 2.05) is 16.8 Å². The number of hydrogen-bond donors (Lipinski definition) is 0. The van der Waals surface area contributed by atoms with E-state index in [1.54, 1.807) is 6.20 Å². The summed E-state index contributed by atoms with van der Waals surface area (Å²) in [6.07, 6.45) is 6.73. The molecule has 0 bridgehead atoms. The SMILES string of the molecule is O=C1CC(c2nc(I)n3ccncc23)C1. The molecule has 0 unspecified atom stereocenters. The van der Waals surface area contributed by atoms with E-state index in [9.17, 15) is 4.79 Å². The van der Waals surface area contributed by atoms with Crippen LogP contribution >= 0.6 is 22.6 Å². The van der Waals surface area contributed by atoms with E-state index in [0.29, 0.717) is 24.5 Å². The molecule has 1 saturated carbocycles. The van der Waals surface area contributed by atoms with Crippen molar-refractivity contribution in [3.8, 4) is 0 Å². The van der Waals surface area contributed by atoms with E-state index in [4.69, 9.17) is 0 Å². The van der Waals surface area contributed by atoms with Crippen molar-refractivity contribution in [3.05, 3.63) is 28.1 Å². The van der Waals surface area contributed by atoms with Crippen LogP contribution < -0.4 is 0 Å². The molecular formula is C10H8IN3O. The van der Waals surface area contributed by atoms with Gasteiger partial charge in [-0.3, -0.25) is 14.2 Å². The number of halogens is 1. The summed E-state index contributed by atoms with van der Waals surface area (Å²) in [6.45, 7) is 0. The summed E-state index contributed by atoms with van der Waals surface area (Å²) in [5, 5.41) is 0. The van der Waals surface area contributed by atoms with Crippen molar-refractivity contribution < 1.29 is 4.79 Å². The third-order valence-corrected chi connectivity index (χ3v) is 3.53. The molecular weight excluding hydrogens is 305 g/mol. The van der Waals surface area contributed by atoms with Crippen LogP contribution in [0.15, 0.2) is 18.6 Å². The standard InChI is InChI=1S/C10H8IN3O/c11-10-13-9(6-3-7(15)4-6)8-5-12-1-2-14(8)10/h1-2,5-6H,3-4H2. The first-order valence-electron chi connectivity index (χ1n) is 4.75.